The summed E-state index contributed by atoms with van der Waals surface area (Å²) in [6, 6.07) is 16.4. The minimum absolute atomic E-state index is 0.166. The molecule has 3 rings (SSSR count). The van der Waals surface area contributed by atoms with E-state index in [2.05, 4.69) is 42.7 Å². The number of hydrogen-bond donors (Lipinski definition) is 2. The zero-order valence-corrected chi connectivity index (χ0v) is 16.1. The molecule has 2 aromatic carbocycles. The molecule has 1 heterocycles. The number of nitrogens with zero attached hydrogens (tertiary/aromatic N) is 1. The summed E-state index contributed by atoms with van der Waals surface area (Å²) >= 11 is 5.52. The summed E-state index contributed by atoms with van der Waals surface area (Å²) < 4.78 is 0. The number of aryl methyl sites for hydroxylation is 1. The molecular weight excluding hydrogens is 342 g/mol. The quantitative estimate of drug-likeness (QED) is 0.761. The van der Waals surface area contributed by atoms with Gasteiger partial charge in [-0.3, -0.25) is 4.79 Å². The average Bonchev–Trinajstić information content (AvgIpc) is 3.06. The second-order valence-electron chi connectivity index (χ2n) is 6.62. The standard InChI is InChI=1S/C21H25N3OS/c1-3-19(18-11-5-4-8-15(18)2)23-21(26)22-16-9-6-10-17(14-16)24-13-7-12-20(24)25/h4-6,8-11,14,19H,3,7,12-13H2,1-2H3,(H2,22,23,26)/t19-/m0/s1. The van der Waals surface area contributed by atoms with Crippen molar-refractivity contribution < 1.29 is 4.79 Å². The zero-order valence-electron chi connectivity index (χ0n) is 15.3. The number of carbonyl (C=O) groups is 1. The summed E-state index contributed by atoms with van der Waals surface area (Å²) in [5.41, 5.74) is 4.32. The predicted octanol–water partition coefficient (Wildman–Crippen LogP) is 4.56. The van der Waals surface area contributed by atoms with Gasteiger partial charge in [0.05, 0.1) is 6.04 Å². The van der Waals surface area contributed by atoms with E-state index in [4.69, 9.17) is 12.2 Å². The summed E-state index contributed by atoms with van der Waals surface area (Å²) in [4.78, 5) is 13.8. The van der Waals surface area contributed by atoms with Crippen LogP contribution in [0.15, 0.2) is 48.5 Å². The number of hydrogen-bond acceptors (Lipinski definition) is 2. The second-order valence-corrected chi connectivity index (χ2v) is 7.02. The van der Waals surface area contributed by atoms with E-state index in [-0.39, 0.29) is 11.9 Å². The van der Waals surface area contributed by atoms with E-state index in [0.717, 1.165) is 30.8 Å². The van der Waals surface area contributed by atoms with Crippen molar-refractivity contribution in [2.75, 3.05) is 16.8 Å². The van der Waals surface area contributed by atoms with Crippen molar-refractivity contribution in [3.63, 3.8) is 0 Å². The molecule has 26 heavy (non-hydrogen) atoms. The number of anilines is 2. The smallest absolute Gasteiger partial charge is 0.227 e. The maximum absolute atomic E-state index is 11.9. The molecule has 2 aromatic rings. The van der Waals surface area contributed by atoms with Crippen molar-refractivity contribution in [3.05, 3.63) is 59.7 Å². The van der Waals surface area contributed by atoms with Gasteiger partial charge in [-0.25, -0.2) is 0 Å². The molecule has 1 aliphatic heterocycles. The largest absolute Gasteiger partial charge is 0.356 e. The SMILES string of the molecule is CC[C@H](NC(=S)Nc1cccc(N2CCCC2=O)c1)c1ccccc1C. The van der Waals surface area contributed by atoms with Gasteiger partial charge in [-0.05, 0) is 61.3 Å². The summed E-state index contributed by atoms with van der Waals surface area (Å²) in [5, 5.41) is 7.25. The Kier molecular flexibility index (Phi) is 5.89. The van der Waals surface area contributed by atoms with Crippen molar-refractivity contribution in [1.82, 2.24) is 5.32 Å². The fourth-order valence-corrected chi connectivity index (χ4v) is 3.64. The Morgan fingerprint density at radius 1 is 1.23 bits per heavy atom. The summed E-state index contributed by atoms with van der Waals surface area (Å²) in [6.45, 7) is 5.05. The molecule has 2 N–H and O–H groups in total. The van der Waals surface area contributed by atoms with Crippen molar-refractivity contribution in [1.29, 1.82) is 0 Å². The highest BCUT2D eigenvalue weighted by Gasteiger charge is 2.21. The van der Waals surface area contributed by atoms with E-state index in [0.29, 0.717) is 11.5 Å². The highest BCUT2D eigenvalue weighted by atomic mass is 32.1. The molecular formula is C21H25N3OS. The first kappa shape index (κ1) is 18.4. The lowest BCUT2D eigenvalue weighted by Crippen LogP contribution is -2.32. The van der Waals surface area contributed by atoms with E-state index in [9.17, 15) is 4.79 Å². The van der Waals surface area contributed by atoms with E-state index in [1.54, 1.807) is 0 Å². The van der Waals surface area contributed by atoms with Crippen LogP contribution in [0, 0.1) is 6.92 Å². The van der Waals surface area contributed by atoms with Crippen LogP contribution in [0.4, 0.5) is 11.4 Å². The molecule has 1 saturated heterocycles. The molecule has 0 aliphatic carbocycles. The first-order chi connectivity index (χ1) is 12.6. The molecule has 0 saturated carbocycles. The van der Waals surface area contributed by atoms with Crippen molar-refractivity contribution in [2.45, 2.75) is 39.2 Å². The Hall–Kier alpha value is -2.40. The number of rotatable bonds is 5. The minimum Gasteiger partial charge on any atom is -0.356 e. The Balaban J connectivity index is 1.68. The molecule has 1 aliphatic rings. The molecule has 1 fully saturated rings. The van der Waals surface area contributed by atoms with Crippen LogP contribution < -0.4 is 15.5 Å². The number of thiocarbonyl (C=S) groups is 1. The Morgan fingerprint density at radius 3 is 2.73 bits per heavy atom. The maximum Gasteiger partial charge on any atom is 0.227 e. The fraction of sp³-hybridized carbons (Fsp3) is 0.333. The van der Waals surface area contributed by atoms with E-state index in [1.165, 1.54) is 11.1 Å². The van der Waals surface area contributed by atoms with Gasteiger partial charge in [-0.1, -0.05) is 37.3 Å². The van der Waals surface area contributed by atoms with Gasteiger partial charge in [0.2, 0.25) is 5.91 Å². The summed E-state index contributed by atoms with van der Waals surface area (Å²) in [5.74, 6) is 0.188. The molecule has 0 bridgehead atoms. The molecule has 0 aromatic heterocycles. The monoisotopic (exact) mass is 367 g/mol. The normalized spacial score (nSPS) is 15.0. The van der Waals surface area contributed by atoms with Crippen LogP contribution in [0.3, 0.4) is 0 Å². The number of nitrogens with one attached hydrogen (secondary N) is 2. The third-order valence-electron chi connectivity index (χ3n) is 4.77. The van der Waals surface area contributed by atoms with Gasteiger partial charge in [0.1, 0.15) is 0 Å². The third-order valence-corrected chi connectivity index (χ3v) is 4.99. The number of benzene rings is 2. The lowest BCUT2D eigenvalue weighted by molar-refractivity contribution is -0.117. The lowest BCUT2D eigenvalue weighted by atomic mass is 10.00. The second kappa shape index (κ2) is 8.32. The van der Waals surface area contributed by atoms with Crippen LogP contribution in [0.25, 0.3) is 0 Å². The summed E-state index contributed by atoms with van der Waals surface area (Å²) in [7, 11) is 0. The minimum atomic E-state index is 0.166. The van der Waals surface area contributed by atoms with Crippen LogP contribution in [0.2, 0.25) is 0 Å². The van der Waals surface area contributed by atoms with Crippen LogP contribution >= 0.6 is 12.2 Å². The molecule has 1 amide bonds. The van der Waals surface area contributed by atoms with Crippen molar-refractivity contribution in [3.8, 4) is 0 Å². The molecule has 136 valence electrons. The van der Waals surface area contributed by atoms with Gasteiger partial charge < -0.3 is 15.5 Å². The highest BCUT2D eigenvalue weighted by molar-refractivity contribution is 7.80. The van der Waals surface area contributed by atoms with Gasteiger partial charge in [-0.15, -0.1) is 0 Å². The topological polar surface area (TPSA) is 44.4 Å². The Morgan fingerprint density at radius 2 is 2.04 bits per heavy atom. The zero-order chi connectivity index (χ0) is 18.5. The average molecular weight is 368 g/mol. The van der Waals surface area contributed by atoms with Gasteiger partial charge in [0.25, 0.3) is 0 Å². The molecule has 5 heteroatoms. The van der Waals surface area contributed by atoms with Crippen molar-refractivity contribution in [2.24, 2.45) is 0 Å². The van der Waals surface area contributed by atoms with Gasteiger partial charge >= 0.3 is 0 Å². The Labute approximate surface area is 160 Å². The van der Waals surface area contributed by atoms with Crippen LogP contribution in [-0.2, 0) is 4.79 Å². The number of carbonyl (C=O) groups excluding carboxylic acids is 1. The molecule has 4 nitrogen and oxygen atoms in total. The highest BCUT2D eigenvalue weighted by Crippen LogP contribution is 2.25. The lowest BCUT2D eigenvalue weighted by Gasteiger charge is -2.22. The van der Waals surface area contributed by atoms with Gasteiger partial charge in [0, 0.05) is 24.3 Å². The molecule has 0 spiro atoms. The van der Waals surface area contributed by atoms with E-state index < -0.39 is 0 Å². The first-order valence-corrected chi connectivity index (χ1v) is 9.52. The Bertz CT molecular complexity index is 805. The molecule has 0 radical (unpaired) electrons. The molecule has 0 unspecified atom stereocenters. The van der Waals surface area contributed by atoms with E-state index >= 15 is 0 Å². The van der Waals surface area contributed by atoms with Crippen molar-refractivity contribution >= 4 is 34.6 Å². The summed E-state index contributed by atoms with van der Waals surface area (Å²) in [6.07, 6.45) is 2.49. The van der Waals surface area contributed by atoms with Gasteiger partial charge in [0.15, 0.2) is 5.11 Å². The predicted molar refractivity (Wildman–Crippen MR) is 112 cm³/mol. The van der Waals surface area contributed by atoms with Crippen LogP contribution in [0.5, 0.6) is 0 Å². The van der Waals surface area contributed by atoms with Gasteiger partial charge in [-0.2, -0.15) is 0 Å². The fourth-order valence-electron chi connectivity index (χ4n) is 3.38. The number of amides is 1. The van der Waals surface area contributed by atoms with Crippen LogP contribution in [-0.4, -0.2) is 17.6 Å². The van der Waals surface area contributed by atoms with Crippen LogP contribution in [0.1, 0.15) is 43.4 Å². The van der Waals surface area contributed by atoms with E-state index in [1.807, 2.05) is 35.2 Å². The molecule has 1 atom stereocenters. The first-order valence-electron chi connectivity index (χ1n) is 9.12. The third kappa shape index (κ3) is 4.22. The maximum atomic E-state index is 11.9.